The van der Waals surface area contributed by atoms with E-state index in [9.17, 15) is 9.90 Å². The van der Waals surface area contributed by atoms with Crippen molar-refractivity contribution in [2.24, 2.45) is 0 Å². The number of carbonyl (C=O) groups is 1. The molecule has 1 fully saturated rings. The lowest BCUT2D eigenvalue weighted by molar-refractivity contribution is -0.144. The number of hydrogen-bond acceptors (Lipinski definition) is 4. The first-order valence-corrected chi connectivity index (χ1v) is 8.74. The third kappa shape index (κ3) is 3.02. The topological polar surface area (TPSA) is 71.5 Å². The van der Waals surface area contributed by atoms with Crippen LogP contribution in [0.2, 0.25) is 0 Å². The molecular weight excluding hydrogens is 328 g/mol. The molecule has 2 heterocycles. The van der Waals surface area contributed by atoms with E-state index in [-0.39, 0.29) is 0 Å². The van der Waals surface area contributed by atoms with Gasteiger partial charge in [-0.25, -0.2) is 9.78 Å². The molecule has 132 valence electrons. The Morgan fingerprint density at radius 2 is 2.04 bits per heavy atom. The quantitative estimate of drug-likeness (QED) is 0.739. The van der Waals surface area contributed by atoms with E-state index >= 15 is 0 Å². The Bertz CT molecular complexity index is 949. The summed E-state index contributed by atoms with van der Waals surface area (Å²) in [7, 11) is 0. The minimum atomic E-state index is -1.01. The molecule has 0 spiro atoms. The van der Waals surface area contributed by atoms with E-state index < -0.39 is 11.5 Å². The summed E-state index contributed by atoms with van der Waals surface area (Å²) in [6.45, 7) is 1.04. The van der Waals surface area contributed by atoms with Crippen molar-refractivity contribution in [3.63, 3.8) is 0 Å². The summed E-state index contributed by atoms with van der Waals surface area (Å²) in [6.07, 6.45) is 1.43. The predicted molar refractivity (Wildman–Crippen MR) is 99.1 cm³/mol. The largest absolute Gasteiger partial charge is 0.487 e. The van der Waals surface area contributed by atoms with E-state index in [2.05, 4.69) is 10.3 Å². The van der Waals surface area contributed by atoms with Crippen LogP contribution < -0.4 is 10.1 Å². The van der Waals surface area contributed by atoms with Crippen LogP contribution >= 0.6 is 0 Å². The second-order valence-corrected chi connectivity index (χ2v) is 6.55. The summed E-state index contributed by atoms with van der Waals surface area (Å²) >= 11 is 0. The average molecular weight is 348 g/mol. The number of ether oxygens (including phenoxy) is 1. The lowest BCUT2D eigenvalue weighted by atomic mass is 9.88. The minimum Gasteiger partial charge on any atom is -0.487 e. The maximum atomic E-state index is 11.8. The van der Waals surface area contributed by atoms with Crippen LogP contribution in [0.1, 0.15) is 24.1 Å². The van der Waals surface area contributed by atoms with Gasteiger partial charge in [-0.3, -0.25) is 5.32 Å². The molecular formula is C21H20N2O3. The first kappa shape index (κ1) is 16.5. The van der Waals surface area contributed by atoms with Crippen molar-refractivity contribution in [1.29, 1.82) is 0 Å². The van der Waals surface area contributed by atoms with E-state index in [1.54, 1.807) is 0 Å². The Hall–Kier alpha value is -2.92. The SMILES string of the molecule is O=C(O)[C@]1(c2cccc(OCc3ccc4ccccc4n3)c2)CCCN1. The molecule has 2 N–H and O–H groups in total. The molecule has 0 bridgehead atoms. The summed E-state index contributed by atoms with van der Waals surface area (Å²) in [5.74, 6) is -0.199. The summed E-state index contributed by atoms with van der Waals surface area (Å²) in [6, 6.07) is 19.3. The van der Waals surface area contributed by atoms with E-state index in [4.69, 9.17) is 4.74 Å². The van der Waals surface area contributed by atoms with Gasteiger partial charge in [0.15, 0.2) is 0 Å². The van der Waals surface area contributed by atoms with Crippen molar-refractivity contribution in [2.75, 3.05) is 6.54 Å². The second kappa shape index (κ2) is 6.77. The first-order chi connectivity index (χ1) is 12.7. The monoisotopic (exact) mass is 348 g/mol. The first-order valence-electron chi connectivity index (χ1n) is 8.74. The number of hydrogen-bond donors (Lipinski definition) is 2. The van der Waals surface area contributed by atoms with Gasteiger partial charge in [-0.15, -0.1) is 0 Å². The number of aromatic nitrogens is 1. The van der Waals surface area contributed by atoms with Crippen LogP contribution in [0.15, 0.2) is 60.7 Å². The lowest BCUT2D eigenvalue weighted by Crippen LogP contribution is -2.44. The van der Waals surface area contributed by atoms with Crippen molar-refractivity contribution in [3.05, 3.63) is 71.9 Å². The zero-order chi connectivity index (χ0) is 18.0. The lowest BCUT2D eigenvalue weighted by Gasteiger charge is -2.25. The van der Waals surface area contributed by atoms with Gasteiger partial charge in [0.1, 0.15) is 17.9 Å². The molecule has 5 heteroatoms. The Morgan fingerprint density at radius 3 is 2.85 bits per heavy atom. The smallest absolute Gasteiger partial charge is 0.328 e. The van der Waals surface area contributed by atoms with E-state index in [1.807, 2.05) is 60.7 Å². The van der Waals surface area contributed by atoms with Gasteiger partial charge in [-0.05, 0) is 49.2 Å². The van der Waals surface area contributed by atoms with Gasteiger partial charge in [0.05, 0.1) is 11.2 Å². The van der Waals surface area contributed by atoms with E-state index in [1.165, 1.54) is 0 Å². The third-order valence-electron chi connectivity index (χ3n) is 4.89. The molecule has 1 saturated heterocycles. The average Bonchev–Trinajstić information content (AvgIpc) is 3.18. The third-order valence-corrected chi connectivity index (χ3v) is 4.89. The number of carboxylic acid groups (broad SMARTS) is 1. The van der Waals surface area contributed by atoms with Crippen molar-refractivity contribution < 1.29 is 14.6 Å². The molecule has 4 rings (SSSR count). The zero-order valence-electron chi connectivity index (χ0n) is 14.3. The Balaban J connectivity index is 1.54. The highest BCUT2D eigenvalue weighted by molar-refractivity contribution is 5.81. The fraction of sp³-hybridized carbons (Fsp3) is 0.238. The number of rotatable bonds is 5. The molecule has 26 heavy (non-hydrogen) atoms. The molecule has 1 aliphatic rings. The number of carboxylic acids is 1. The van der Waals surface area contributed by atoms with E-state index in [0.717, 1.165) is 28.6 Å². The van der Waals surface area contributed by atoms with Gasteiger partial charge >= 0.3 is 5.97 Å². The number of para-hydroxylation sites is 1. The molecule has 1 aromatic heterocycles. The molecule has 0 amide bonds. The Kier molecular flexibility index (Phi) is 4.31. The molecule has 2 aromatic carbocycles. The van der Waals surface area contributed by atoms with Gasteiger partial charge in [0.2, 0.25) is 0 Å². The van der Waals surface area contributed by atoms with Gasteiger partial charge < -0.3 is 9.84 Å². The summed E-state index contributed by atoms with van der Waals surface area (Å²) in [5.41, 5.74) is 1.48. The van der Waals surface area contributed by atoms with Crippen LogP contribution in [0.4, 0.5) is 0 Å². The van der Waals surface area contributed by atoms with Crippen LogP contribution in [-0.2, 0) is 16.9 Å². The fourth-order valence-electron chi connectivity index (χ4n) is 3.49. The van der Waals surface area contributed by atoms with Crippen LogP contribution in [0, 0.1) is 0 Å². The molecule has 0 aliphatic carbocycles. The van der Waals surface area contributed by atoms with Crippen molar-refractivity contribution in [2.45, 2.75) is 25.0 Å². The summed E-state index contributed by atoms with van der Waals surface area (Å²) < 4.78 is 5.88. The molecule has 0 saturated carbocycles. The number of benzene rings is 2. The zero-order valence-corrected chi connectivity index (χ0v) is 14.3. The number of aliphatic carboxylic acids is 1. The standard InChI is InChI=1S/C21H20N2O3/c24-20(25)21(11-4-12-22-21)16-6-3-7-18(13-16)26-14-17-10-9-15-5-1-2-8-19(15)23-17/h1-3,5-10,13,22H,4,11-12,14H2,(H,24,25)/t21-/m1/s1. The van der Waals surface area contributed by atoms with E-state index in [0.29, 0.717) is 25.3 Å². The van der Waals surface area contributed by atoms with Crippen LogP contribution in [0.5, 0.6) is 5.75 Å². The number of nitrogens with one attached hydrogen (secondary N) is 1. The van der Waals surface area contributed by atoms with Gasteiger partial charge in [0.25, 0.3) is 0 Å². The number of fused-ring (bicyclic) bond motifs is 1. The van der Waals surface area contributed by atoms with Crippen LogP contribution in [-0.4, -0.2) is 22.6 Å². The summed E-state index contributed by atoms with van der Waals surface area (Å²) in [5, 5.41) is 13.9. The predicted octanol–water partition coefficient (Wildman–Crippen LogP) is 3.48. The Morgan fingerprint density at radius 1 is 1.15 bits per heavy atom. The molecule has 1 atom stereocenters. The van der Waals surface area contributed by atoms with Gasteiger partial charge in [-0.1, -0.05) is 36.4 Å². The number of pyridine rings is 1. The molecule has 1 aliphatic heterocycles. The van der Waals surface area contributed by atoms with Crippen molar-refractivity contribution >= 4 is 16.9 Å². The fourth-order valence-corrected chi connectivity index (χ4v) is 3.49. The minimum absolute atomic E-state index is 0.335. The van der Waals surface area contributed by atoms with Crippen molar-refractivity contribution in [1.82, 2.24) is 10.3 Å². The van der Waals surface area contributed by atoms with Crippen molar-refractivity contribution in [3.8, 4) is 5.75 Å². The molecule has 0 radical (unpaired) electrons. The highest BCUT2D eigenvalue weighted by Gasteiger charge is 2.42. The highest BCUT2D eigenvalue weighted by atomic mass is 16.5. The number of nitrogens with zero attached hydrogens (tertiary/aromatic N) is 1. The second-order valence-electron chi connectivity index (χ2n) is 6.55. The maximum Gasteiger partial charge on any atom is 0.328 e. The molecule has 5 nitrogen and oxygen atoms in total. The molecule has 3 aromatic rings. The van der Waals surface area contributed by atoms with Gasteiger partial charge in [0, 0.05) is 5.39 Å². The highest BCUT2D eigenvalue weighted by Crippen LogP contribution is 2.33. The van der Waals surface area contributed by atoms with Gasteiger partial charge in [-0.2, -0.15) is 0 Å². The molecule has 0 unspecified atom stereocenters. The van der Waals surface area contributed by atoms with Crippen LogP contribution in [0.3, 0.4) is 0 Å². The normalized spacial score (nSPS) is 19.5. The maximum absolute atomic E-state index is 11.8. The summed E-state index contributed by atoms with van der Waals surface area (Å²) in [4.78, 5) is 16.4. The van der Waals surface area contributed by atoms with Crippen LogP contribution in [0.25, 0.3) is 10.9 Å². The Labute approximate surface area is 151 Å².